The summed E-state index contributed by atoms with van der Waals surface area (Å²) in [5.41, 5.74) is 0.887. The van der Waals surface area contributed by atoms with Gasteiger partial charge in [-0.05, 0) is 36.5 Å². The molecule has 0 aromatic heterocycles. The van der Waals surface area contributed by atoms with Gasteiger partial charge in [0.15, 0.2) is 0 Å². The molecular formula is C19H26FN3O2. The molecule has 136 valence electrons. The Morgan fingerprint density at radius 1 is 1.08 bits per heavy atom. The maximum absolute atomic E-state index is 13.0. The molecule has 0 spiro atoms. The third kappa shape index (κ3) is 4.94. The number of hydrogen-bond donors (Lipinski definition) is 1. The van der Waals surface area contributed by atoms with Crippen LogP contribution in [0.4, 0.5) is 9.18 Å². The molecule has 0 radical (unpaired) electrons. The second-order valence-electron chi connectivity index (χ2n) is 7.06. The topological polar surface area (TPSA) is 52.7 Å². The Morgan fingerprint density at radius 3 is 2.48 bits per heavy atom. The van der Waals surface area contributed by atoms with Gasteiger partial charge in [-0.15, -0.1) is 0 Å². The predicted octanol–water partition coefficient (Wildman–Crippen LogP) is 2.76. The van der Waals surface area contributed by atoms with Crippen LogP contribution in [0.25, 0.3) is 0 Å². The number of urea groups is 1. The molecule has 1 saturated carbocycles. The predicted molar refractivity (Wildman–Crippen MR) is 93.4 cm³/mol. The number of amides is 3. The largest absolute Gasteiger partial charge is 0.354 e. The minimum atomic E-state index is -0.284. The van der Waals surface area contributed by atoms with Crippen LogP contribution in [-0.2, 0) is 11.3 Å². The van der Waals surface area contributed by atoms with E-state index in [0.717, 1.165) is 12.1 Å². The molecule has 5 nitrogen and oxygen atoms in total. The van der Waals surface area contributed by atoms with Gasteiger partial charge in [-0.25, -0.2) is 9.18 Å². The van der Waals surface area contributed by atoms with Crippen LogP contribution in [0.3, 0.4) is 0 Å². The van der Waals surface area contributed by atoms with E-state index in [1.165, 1.54) is 44.2 Å². The van der Waals surface area contributed by atoms with Crippen LogP contribution in [0.1, 0.15) is 37.7 Å². The summed E-state index contributed by atoms with van der Waals surface area (Å²) in [5.74, 6) is 0.220. The fourth-order valence-corrected chi connectivity index (χ4v) is 3.61. The lowest BCUT2D eigenvalue weighted by atomic mass is 9.89. The smallest absolute Gasteiger partial charge is 0.320 e. The summed E-state index contributed by atoms with van der Waals surface area (Å²) < 4.78 is 13.0. The molecule has 2 fully saturated rings. The molecule has 25 heavy (non-hydrogen) atoms. The summed E-state index contributed by atoms with van der Waals surface area (Å²) in [7, 11) is 0. The highest BCUT2D eigenvalue weighted by atomic mass is 19.1. The van der Waals surface area contributed by atoms with Gasteiger partial charge < -0.3 is 15.1 Å². The first-order chi connectivity index (χ1) is 12.1. The molecule has 1 aliphatic carbocycles. The van der Waals surface area contributed by atoms with Gasteiger partial charge in [0.05, 0.1) is 0 Å². The molecule has 2 aliphatic rings. The van der Waals surface area contributed by atoms with Gasteiger partial charge in [0, 0.05) is 26.2 Å². The molecule has 0 bridgehead atoms. The first kappa shape index (κ1) is 17.7. The van der Waals surface area contributed by atoms with Crippen molar-refractivity contribution in [3.05, 3.63) is 35.6 Å². The van der Waals surface area contributed by atoms with Gasteiger partial charge >= 0.3 is 6.03 Å². The summed E-state index contributed by atoms with van der Waals surface area (Å²) in [6.07, 6.45) is 6.19. The second kappa shape index (κ2) is 8.32. The zero-order valence-electron chi connectivity index (χ0n) is 14.5. The zero-order chi connectivity index (χ0) is 17.6. The van der Waals surface area contributed by atoms with E-state index >= 15 is 0 Å². The van der Waals surface area contributed by atoms with Crippen molar-refractivity contribution in [3.63, 3.8) is 0 Å². The van der Waals surface area contributed by atoms with Crippen LogP contribution >= 0.6 is 0 Å². The number of hydrogen-bond acceptors (Lipinski definition) is 2. The highest BCUT2D eigenvalue weighted by molar-refractivity contribution is 5.85. The molecule has 1 N–H and O–H groups in total. The van der Waals surface area contributed by atoms with Crippen molar-refractivity contribution in [2.75, 3.05) is 26.2 Å². The Kier molecular flexibility index (Phi) is 5.89. The van der Waals surface area contributed by atoms with Gasteiger partial charge in [0.25, 0.3) is 0 Å². The molecular weight excluding hydrogens is 321 g/mol. The summed E-state index contributed by atoms with van der Waals surface area (Å²) in [6, 6.07) is 6.03. The van der Waals surface area contributed by atoms with Crippen molar-refractivity contribution in [1.29, 1.82) is 0 Å². The maximum atomic E-state index is 13.0. The van der Waals surface area contributed by atoms with E-state index in [-0.39, 0.29) is 24.3 Å². The Hall–Kier alpha value is -2.11. The van der Waals surface area contributed by atoms with Gasteiger partial charge in [-0.3, -0.25) is 4.79 Å². The lowest BCUT2D eigenvalue weighted by Gasteiger charge is -2.23. The number of benzene rings is 1. The average Bonchev–Trinajstić information content (AvgIpc) is 2.96. The maximum Gasteiger partial charge on any atom is 0.320 e. The van der Waals surface area contributed by atoms with Crippen molar-refractivity contribution in [1.82, 2.24) is 15.1 Å². The van der Waals surface area contributed by atoms with Gasteiger partial charge in [0.2, 0.25) is 5.91 Å². The monoisotopic (exact) mass is 347 g/mol. The highest BCUT2D eigenvalue weighted by Crippen LogP contribution is 2.22. The third-order valence-electron chi connectivity index (χ3n) is 5.11. The molecule has 6 heteroatoms. The fraction of sp³-hybridized carbons (Fsp3) is 0.579. The lowest BCUT2D eigenvalue weighted by molar-refractivity contribution is -0.121. The summed E-state index contributed by atoms with van der Waals surface area (Å²) in [4.78, 5) is 27.8. The molecule has 1 aromatic rings. The van der Waals surface area contributed by atoms with Crippen LogP contribution in [0, 0.1) is 11.7 Å². The molecule has 1 heterocycles. The quantitative estimate of drug-likeness (QED) is 0.860. The van der Waals surface area contributed by atoms with Gasteiger partial charge in [-0.2, -0.15) is 0 Å². The van der Waals surface area contributed by atoms with E-state index in [9.17, 15) is 14.0 Å². The Labute approximate surface area is 148 Å². The number of carbonyl (C=O) groups excluding carboxylic acids is 2. The van der Waals surface area contributed by atoms with E-state index < -0.39 is 0 Å². The van der Waals surface area contributed by atoms with Gasteiger partial charge in [0.1, 0.15) is 12.4 Å². The minimum absolute atomic E-state index is 0.0810. The normalized spacial score (nSPS) is 18.7. The number of nitrogens with zero attached hydrogens (tertiary/aromatic N) is 2. The first-order valence-electron chi connectivity index (χ1n) is 9.17. The van der Waals surface area contributed by atoms with Crippen molar-refractivity contribution in [2.24, 2.45) is 5.92 Å². The average molecular weight is 347 g/mol. The molecule has 3 rings (SSSR count). The minimum Gasteiger partial charge on any atom is -0.354 e. The Balaban J connectivity index is 1.43. The summed E-state index contributed by atoms with van der Waals surface area (Å²) in [6.45, 7) is 2.42. The van der Waals surface area contributed by atoms with Crippen LogP contribution in [0.5, 0.6) is 0 Å². The van der Waals surface area contributed by atoms with E-state index in [0.29, 0.717) is 25.6 Å². The molecule has 1 saturated heterocycles. The number of carbonyl (C=O) groups is 2. The summed E-state index contributed by atoms with van der Waals surface area (Å²) in [5, 5.41) is 2.98. The number of nitrogens with one attached hydrogen (secondary N) is 1. The van der Waals surface area contributed by atoms with Crippen LogP contribution in [0.2, 0.25) is 0 Å². The number of rotatable bonds is 6. The zero-order valence-corrected chi connectivity index (χ0v) is 14.5. The van der Waals surface area contributed by atoms with Gasteiger partial charge in [-0.1, -0.05) is 31.4 Å². The first-order valence-corrected chi connectivity index (χ1v) is 9.17. The highest BCUT2D eigenvalue weighted by Gasteiger charge is 2.29. The van der Waals surface area contributed by atoms with Crippen LogP contribution < -0.4 is 5.32 Å². The van der Waals surface area contributed by atoms with Crippen LogP contribution in [0.15, 0.2) is 24.3 Å². The van der Waals surface area contributed by atoms with Crippen molar-refractivity contribution in [3.8, 4) is 0 Å². The molecule has 0 unspecified atom stereocenters. The standard InChI is InChI=1S/C19H26FN3O2/c20-17-8-6-16(7-9-17)13-22-10-11-23(19(22)25)14-18(24)21-12-15-4-2-1-3-5-15/h6-9,15H,1-5,10-14H2,(H,21,24). The van der Waals surface area contributed by atoms with Crippen molar-refractivity contribution >= 4 is 11.9 Å². The Bertz CT molecular complexity index is 599. The third-order valence-corrected chi connectivity index (χ3v) is 5.11. The van der Waals surface area contributed by atoms with Crippen molar-refractivity contribution in [2.45, 2.75) is 38.6 Å². The Morgan fingerprint density at radius 2 is 1.76 bits per heavy atom. The number of halogens is 1. The van der Waals surface area contributed by atoms with Crippen LogP contribution in [-0.4, -0.2) is 47.9 Å². The second-order valence-corrected chi connectivity index (χ2v) is 7.06. The molecule has 0 atom stereocenters. The fourth-order valence-electron chi connectivity index (χ4n) is 3.61. The molecule has 3 amide bonds. The molecule has 1 aliphatic heterocycles. The van der Waals surface area contributed by atoms with E-state index in [1.807, 2.05) is 0 Å². The van der Waals surface area contributed by atoms with Crippen molar-refractivity contribution < 1.29 is 14.0 Å². The van der Waals surface area contributed by atoms with E-state index in [2.05, 4.69) is 5.32 Å². The summed E-state index contributed by atoms with van der Waals surface area (Å²) >= 11 is 0. The van der Waals surface area contributed by atoms with E-state index in [4.69, 9.17) is 0 Å². The van der Waals surface area contributed by atoms with E-state index in [1.54, 1.807) is 21.9 Å². The lowest BCUT2D eigenvalue weighted by Crippen LogP contribution is -2.41. The SMILES string of the molecule is O=C(CN1CCN(Cc2ccc(F)cc2)C1=O)NCC1CCCCC1. The molecule has 1 aromatic carbocycles.